The molecule has 1 aromatic rings. The van der Waals surface area contributed by atoms with Gasteiger partial charge in [0.1, 0.15) is 23.7 Å². The van der Waals surface area contributed by atoms with Crippen LogP contribution in [0.4, 0.5) is 0 Å². The fraction of sp³-hybridized carbons (Fsp3) is 0.524. The number of aliphatic hydroxyl groups is 3. The summed E-state index contributed by atoms with van der Waals surface area (Å²) in [6.45, 7) is 2.59. The normalized spacial score (nSPS) is 13.3. The summed E-state index contributed by atoms with van der Waals surface area (Å²) in [4.78, 5) is 22.4. The lowest BCUT2D eigenvalue weighted by Gasteiger charge is -2.20. The highest BCUT2D eigenvalue weighted by molar-refractivity contribution is 5.98. The average molecular weight is 441 g/mol. The fourth-order valence-electron chi connectivity index (χ4n) is 2.86. The first-order valence-electron chi connectivity index (χ1n) is 9.62. The van der Waals surface area contributed by atoms with E-state index in [0.717, 1.165) is 11.1 Å². The molecule has 10 nitrogen and oxygen atoms in total. The first-order valence-corrected chi connectivity index (χ1v) is 9.62. The van der Waals surface area contributed by atoms with E-state index in [9.17, 15) is 14.7 Å². The van der Waals surface area contributed by atoms with Crippen molar-refractivity contribution in [2.45, 2.75) is 45.3 Å². The number of cyclic esters (lactones) is 1. The van der Waals surface area contributed by atoms with Crippen LogP contribution < -0.4 is 10.5 Å². The minimum absolute atomic E-state index is 0.0565. The molecule has 2 rings (SSSR count). The molecular formula is C21H31NO9. The Morgan fingerprint density at radius 1 is 1.23 bits per heavy atom. The molecule has 31 heavy (non-hydrogen) atoms. The maximum atomic E-state index is 11.8. The highest BCUT2D eigenvalue weighted by Gasteiger charge is 2.31. The largest absolute Gasteiger partial charge is 0.507 e. The highest BCUT2D eigenvalue weighted by atomic mass is 16.5. The smallest absolute Gasteiger partial charge is 0.342 e. The summed E-state index contributed by atoms with van der Waals surface area (Å²) in [6.07, 6.45) is 2.68. The van der Waals surface area contributed by atoms with Gasteiger partial charge in [-0.1, -0.05) is 11.6 Å². The SMILES string of the molecule is COc1c(C)c2c(c(O)c1C/C=C(\C)CCC(=O)O)C(=O)OC2.NC(CO)(CO)CO. The number of hydrogen-bond donors (Lipinski definition) is 6. The third-order valence-electron chi connectivity index (χ3n) is 4.98. The van der Waals surface area contributed by atoms with Gasteiger partial charge in [-0.3, -0.25) is 4.79 Å². The van der Waals surface area contributed by atoms with E-state index < -0.39 is 37.3 Å². The maximum absolute atomic E-state index is 11.8. The Kier molecular flexibility index (Phi) is 9.92. The fourth-order valence-corrected chi connectivity index (χ4v) is 2.86. The van der Waals surface area contributed by atoms with E-state index in [1.54, 1.807) is 0 Å². The number of fused-ring (bicyclic) bond motifs is 1. The van der Waals surface area contributed by atoms with Gasteiger partial charge in [0.2, 0.25) is 0 Å². The van der Waals surface area contributed by atoms with Crippen LogP contribution in [0.25, 0.3) is 0 Å². The summed E-state index contributed by atoms with van der Waals surface area (Å²) < 4.78 is 10.4. The van der Waals surface area contributed by atoms with Crippen molar-refractivity contribution in [2.24, 2.45) is 5.73 Å². The van der Waals surface area contributed by atoms with E-state index in [1.807, 2.05) is 19.9 Å². The minimum atomic E-state index is -1.21. The Labute approximate surface area is 180 Å². The second-order valence-corrected chi connectivity index (χ2v) is 7.40. The molecular weight excluding hydrogens is 410 g/mol. The molecule has 10 heteroatoms. The van der Waals surface area contributed by atoms with Crippen LogP contribution in [-0.4, -0.2) is 69.9 Å². The monoisotopic (exact) mass is 441 g/mol. The van der Waals surface area contributed by atoms with Crippen molar-refractivity contribution in [3.8, 4) is 11.5 Å². The third-order valence-corrected chi connectivity index (χ3v) is 4.98. The van der Waals surface area contributed by atoms with Gasteiger partial charge in [0, 0.05) is 17.5 Å². The lowest BCUT2D eigenvalue weighted by molar-refractivity contribution is -0.136. The summed E-state index contributed by atoms with van der Waals surface area (Å²) in [5.74, 6) is -0.973. The van der Waals surface area contributed by atoms with Gasteiger partial charge in [0.05, 0.1) is 32.5 Å². The van der Waals surface area contributed by atoms with Gasteiger partial charge in [-0.25, -0.2) is 4.79 Å². The predicted molar refractivity (Wildman–Crippen MR) is 111 cm³/mol. The van der Waals surface area contributed by atoms with E-state index in [1.165, 1.54) is 7.11 Å². The Hall–Kier alpha value is -2.66. The number of carboxylic acid groups (broad SMARTS) is 1. The molecule has 1 heterocycles. The van der Waals surface area contributed by atoms with Crippen molar-refractivity contribution in [1.29, 1.82) is 0 Å². The van der Waals surface area contributed by atoms with Gasteiger partial charge in [-0.2, -0.15) is 0 Å². The number of benzene rings is 1. The van der Waals surface area contributed by atoms with Crippen molar-refractivity contribution < 1.29 is 44.6 Å². The van der Waals surface area contributed by atoms with Crippen LogP contribution in [0, 0.1) is 6.92 Å². The number of rotatable bonds is 9. The lowest BCUT2D eigenvalue weighted by atomic mass is 9.94. The third kappa shape index (κ3) is 6.66. The summed E-state index contributed by atoms with van der Waals surface area (Å²) in [5.41, 5.74) is 6.98. The number of phenolic OH excluding ortho intramolecular Hbond substituents is 1. The number of aliphatic carboxylic acids is 1. The van der Waals surface area contributed by atoms with Crippen molar-refractivity contribution in [3.63, 3.8) is 0 Å². The summed E-state index contributed by atoms with van der Waals surface area (Å²) >= 11 is 0. The number of carbonyl (C=O) groups excluding carboxylic acids is 1. The standard InChI is InChI=1S/C17H20O6.C4H11NO3/c1-9(5-7-13(18)19)4-6-11-15(20)14-12(8-23-17(14)21)10(2)16(11)22-3;5-4(1-6,2-7)3-8/h4,20H,5-8H2,1-3H3,(H,18,19);6-8H,1-3,5H2/b9-4+;. The molecule has 0 spiro atoms. The van der Waals surface area contributed by atoms with Crippen molar-refractivity contribution in [2.75, 3.05) is 26.9 Å². The number of aliphatic hydroxyl groups excluding tert-OH is 3. The first kappa shape index (κ1) is 26.4. The number of hydrogen-bond acceptors (Lipinski definition) is 9. The van der Waals surface area contributed by atoms with Gasteiger partial charge in [0.15, 0.2) is 0 Å². The summed E-state index contributed by atoms with van der Waals surface area (Å²) in [7, 11) is 1.51. The van der Waals surface area contributed by atoms with Gasteiger partial charge in [0.25, 0.3) is 0 Å². The number of esters is 1. The Morgan fingerprint density at radius 2 is 1.81 bits per heavy atom. The molecule has 0 bridgehead atoms. The molecule has 0 atom stereocenters. The summed E-state index contributed by atoms with van der Waals surface area (Å²) in [6, 6.07) is 0. The van der Waals surface area contributed by atoms with Gasteiger partial charge < -0.3 is 40.7 Å². The number of phenols is 1. The number of carboxylic acids is 1. The van der Waals surface area contributed by atoms with Crippen molar-refractivity contribution in [1.82, 2.24) is 0 Å². The van der Waals surface area contributed by atoms with Crippen molar-refractivity contribution in [3.05, 3.63) is 33.9 Å². The molecule has 0 fully saturated rings. The van der Waals surface area contributed by atoms with Crippen LogP contribution in [-0.2, 0) is 22.6 Å². The quantitative estimate of drug-likeness (QED) is 0.232. The zero-order valence-corrected chi connectivity index (χ0v) is 18.0. The second-order valence-electron chi connectivity index (χ2n) is 7.40. The molecule has 0 unspecified atom stereocenters. The number of ether oxygens (including phenoxy) is 2. The van der Waals surface area contributed by atoms with Crippen LogP contribution in [0.2, 0.25) is 0 Å². The van der Waals surface area contributed by atoms with E-state index in [4.69, 9.17) is 35.6 Å². The maximum Gasteiger partial charge on any atom is 0.342 e. The van der Waals surface area contributed by atoms with Gasteiger partial charge >= 0.3 is 11.9 Å². The van der Waals surface area contributed by atoms with Crippen LogP contribution in [0.1, 0.15) is 46.8 Å². The minimum Gasteiger partial charge on any atom is -0.507 e. The van der Waals surface area contributed by atoms with Crippen LogP contribution in [0.15, 0.2) is 11.6 Å². The molecule has 0 radical (unpaired) electrons. The molecule has 0 aliphatic carbocycles. The summed E-state index contributed by atoms with van der Waals surface area (Å²) in [5, 5.41) is 44.2. The lowest BCUT2D eigenvalue weighted by Crippen LogP contribution is -2.50. The van der Waals surface area contributed by atoms with E-state index in [2.05, 4.69) is 0 Å². The van der Waals surface area contributed by atoms with E-state index >= 15 is 0 Å². The number of nitrogens with two attached hydrogens (primary N) is 1. The second kappa shape index (κ2) is 11.7. The Morgan fingerprint density at radius 3 is 2.26 bits per heavy atom. The highest BCUT2D eigenvalue weighted by Crippen LogP contribution is 2.42. The number of carbonyl (C=O) groups is 2. The van der Waals surface area contributed by atoms with Crippen LogP contribution in [0.3, 0.4) is 0 Å². The molecule has 1 aromatic carbocycles. The van der Waals surface area contributed by atoms with Gasteiger partial charge in [-0.05, 0) is 32.3 Å². The molecule has 7 N–H and O–H groups in total. The van der Waals surface area contributed by atoms with Crippen LogP contribution in [0.5, 0.6) is 11.5 Å². The zero-order valence-electron chi connectivity index (χ0n) is 18.0. The van der Waals surface area contributed by atoms with E-state index in [-0.39, 0.29) is 24.3 Å². The zero-order chi connectivity index (χ0) is 23.8. The topological polar surface area (TPSA) is 180 Å². The molecule has 1 aliphatic rings. The molecule has 0 saturated heterocycles. The molecule has 174 valence electrons. The van der Waals surface area contributed by atoms with E-state index in [0.29, 0.717) is 29.7 Å². The number of aromatic hydroxyl groups is 1. The molecule has 0 aromatic heterocycles. The first-order chi connectivity index (χ1) is 14.5. The van der Waals surface area contributed by atoms with Crippen LogP contribution >= 0.6 is 0 Å². The molecule has 0 saturated carbocycles. The number of allylic oxidation sites excluding steroid dienone is 2. The predicted octanol–water partition coefficient (Wildman–Crippen LogP) is 0.394. The molecule has 0 amide bonds. The number of methoxy groups -OCH3 is 1. The Balaban J connectivity index is 0.000000512. The average Bonchev–Trinajstić information content (AvgIpc) is 3.15. The van der Waals surface area contributed by atoms with Gasteiger partial charge in [-0.15, -0.1) is 0 Å². The van der Waals surface area contributed by atoms with Crippen molar-refractivity contribution >= 4 is 11.9 Å². The Bertz CT molecular complexity index is 821. The molecule has 1 aliphatic heterocycles.